The zero-order valence-electron chi connectivity index (χ0n) is 5.99. The molecule has 0 aliphatic rings. The smallest absolute Gasteiger partial charge is 0.672 e. The van der Waals surface area contributed by atoms with Gasteiger partial charge >= 0.3 is 80.8 Å². The second kappa shape index (κ2) is 24.0. The Morgan fingerprint density at radius 2 is 0.500 bits per heavy atom. The van der Waals surface area contributed by atoms with Crippen LogP contribution in [-0.2, 0) is 13.4 Å². The molecule has 9 nitrogen and oxygen atoms in total. The van der Waals surface area contributed by atoms with Crippen molar-refractivity contribution >= 4 is 27.5 Å². The molecular weight excluding hydrogens is 529 g/mol. The first-order chi connectivity index (χ1) is 5.20. The second-order valence-corrected chi connectivity index (χ2v) is 2.25. The van der Waals surface area contributed by atoms with Crippen molar-refractivity contribution in [1.82, 2.24) is 0 Å². The summed E-state index contributed by atoms with van der Waals surface area (Å²) in [6, 6.07) is 0. The van der Waals surface area contributed by atoms with Crippen LogP contribution in [0.15, 0.2) is 0 Å². The van der Waals surface area contributed by atoms with Crippen LogP contribution in [0.2, 0.25) is 0 Å². The summed E-state index contributed by atoms with van der Waals surface area (Å²) in [7, 11) is -10.9. The van der Waals surface area contributed by atoms with E-state index in [1.165, 1.54) is 0 Å². The molecule has 0 rings (SSSR count). The maximum absolute atomic E-state index is 8.52. The summed E-state index contributed by atoms with van der Waals surface area (Å²) >= 11 is 0. The van der Waals surface area contributed by atoms with Crippen LogP contribution in [-0.4, -0.2) is 27.5 Å². The first-order valence-electron chi connectivity index (χ1n) is 1.84. The first-order valence-corrected chi connectivity index (χ1v) is 5.51. The largest absolute Gasteiger partial charge is 3.00 e. The average molecular weight is 529 g/mol. The molecule has 0 aromatic heterocycles. The van der Waals surface area contributed by atoms with Gasteiger partial charge in [0.1, 0.15) is 0 Å². The fourth-order valence-electron chi connectivity index (χ4n) is 0. The second-order valence-electron chi connectivity index (χ2n) is 0.750. The zero-order chi connectivity index (χ0) is 10.7. The summed E-state index contributed by atoms with van der Waals surface area (Å²) in [5.41, 5.74) is 0. The third-order valence-electron chi connectivity index (χ3n) is 0. The van der Waals surface area contributed by atoms with Crippen LogP contribution in [0.4, 0.5) is 0 Å². The van der Waals surface area contributed by atoms with Gasteiger partial charge in [0.2, 0.25) is 0 Å². The maximum Gasteiger partial charge on any atom is 3.00 e. The minimum atomic E-state index is -3.63. The first kappa shape index (κ1) is 29.6. The molecule has 0 aromatic carbocycles. The van der Waals surface area contributed by atoms with Crippen LogP contribution in [0.25, 0.3) is 0 Å². The van der Waals surface area contributed by atoms with E-state index in [-0.39, 0.29) is 80.8 Å². The summed E-state index contributed by atoms with van der Waals surface area (Å²) < 4.78 is 25.6. The molecule has 0 bridgehead atoms. The SMILES string of the molecule is O=[Si]([O-])[O-].O=[Si]([O-])[O-].O=[Si]([O-])[O-].[Sm+3].[Sm+3]. The maximum atomic E-state index is 8.52. The van der Waals surface area contributed by atoms with Gasteiger partial charge in [-0.1, -0.05) is 0 Å². The molecule has 14 heteroatoms. The van der Waals surface area contributed by atoms with Crippen LogP contribution >= 0.6 is 0 Å². The van der Waals surface area contributed by atoms with Crippen LogP contribution < -0.4 is 28.8 Å². The van der Waals surface area contributed by atoms with E-state index in [0.29, 0.717) is 0 Å². The number of hydrogen-bond acceptors (Lipinski definition) is 9. The van der Waals surface area contributed by atoms with Gasteiger partial charge in [0, 0.05) is 27.5 Å². The molecule has 0 fully saturated rings. The predicted octanol–water partition coefficient (Wildman–Crippen LogP) is -8.63. The van der Waals surface area contributed by atoms with Crippen LogP contribution in [0.1, 0.15) is 0 Å². The van der Waals surface area contributed by atoms with Crippen molar-refractivity contribution in [3.05, 3.63) is 0 Å². The third-order valence-corrected chi connectivity index (χ3v) is 0. The zero-order valence-corrected chi connectivity index (χ0v) is 14.2. The van der Waals surface area contributed by atoms with Gasteiger partial charge in [-0.2, -0.15) is 0 Å². The Morgan fingerprint density at radius 3 is 0.500 bits per heavy atom. The van der Waals surface area contributed by atoms with Crippen LogP contribution in [0.5, 0.6) is 0 Å². The molecule has 0 aliphatic carbocycles. The van der Waals surface area contributed by atoms with Gasteiger partial charge in [0.05, 0.1) is 0 Å². The molecule has 0 unspecified atom stereocenters. The molecule has 14 heavy (non-hydrogen) atoms. The van der Waals surface area contributed by atoms with Gasteiger partial charge in [-0.25, -0.2) is 0 Å². The van der Waals surface area contributed by atoms with E-state index in [4.69, 9.17) is 42.2 Å². The summed E-state index contributed by atoms with van der Waals surface area (Å²) in [5, 5.41) is 0. The Hall–Kier alpha value is 1.53. The quantitative estimate of drug-likeness (QED) is 0.275. The summed E-state index contributed by atoms with van der Waals surface area (Å²) in [4.78, 5) is 51.1. The van der Waals surface area contributed by atoms with E-state index in [2.05, 4.69) is 0 Å². The fourth-order valence-corrected chi connectivity index (χ4v) is 0. The van der Waals surface area contributed by atoms with Crippen LogP contribution in [0, 0.1) is 80.8 Å². The molecule has 0 amide bonds. The predicted molar refractivity (Wildman–Crippen MR) is 19.3 cm³/mol. The minimum absolute atomic E-state index is 0. The van der Waals surface area contributed by atoms with Crippen molar-refractivity contribution in [1.29, 1.82) is 0 Å². The van der Waals surface area contributed by atoms with Gasteiger partial charge in [-0.05, 0) is 0 Å². The molecular formula is O9Si3Sm2. The number of hydrogen-bond donors (Lipinski definition) is 0. The van der Waals surface area contributed by atoms with Gasteiger partial charge in [-0.15, -0.1) is 0 Å². The van der Waals surface area contributed by atoms with Crippen molar-refractivity contribution in [3.63, 3.8) is 0 Å². The third kappa shape index (κ3) is 911. The molecule has 0 aliphatic heterocycles. The molecule has 0 N–H and O–H groups in total. The van der Waals surface area contributed by atoms with Gasteiger partial charge < -0.3 is 42.2 Å². The Bertz CT molecular complexity index is 116. The van der Waals surface area contributed by atoms with E-state index in [0.717, 1.165) is 0 Å². The van der Waals surface area contributed by atoms with Gasteiger partial charge in [0.25, 0.3) is 0 Å². The van der Waals surface area contributed by atoms with Crippen molar-refractivity contribution < 1.29 is 123 Å². The topological polar surface area (TPSA) is 190 Å². The molecule has 0 aromatic rings. The number of rotatable bonds is 0. The van der Waals surface area contributed by atoms with E-state index in [1.54, 1.807) is 0 Å². The van der Waals surface area contributed by atoms with Crippen LogP contribution in [0.3, 0.4) is 0 Å². The van der Waals surface area contributed by atoms with Gasteiger partial charge in [-0.3, -0.25) is 0 Å². The molecule has 0 atom stereocenters. The minimum Gasteiger partial charge on any atom is -0.672 e. The monoisotopic (exact) mass is 532 g/mol. The van der Waals surface area contributed by atoms with E-state index < -0.39 is 27.5 Å². The normalized spacial score (nSPS) is 5.14. The summed E-state index contributed by atoms with van der Waals surface area (Å²) in [6.45, 7) is 0. The molecule has 0 spiro atoms. The van der Waals surface area contributed by atoms with Crippen molar-refractivity contribution in [2.45, 2.75) is 0 Å². The van der Waals surface area contributed by atoms with E-state index >= 15 is 0 Å². The molecule has 0 saturated carbocycles. The van der Waals surface area contributed by atoms with Crippen molar-refractivity contribution in [3.8, 4) is 0 Å². The standard InChI is InChI=1S/3O3Si.2Sm/c3*1-4(2)3;;/q3*-2;2*+3. The van der Waals surface area contributed by atoms with E-state index in [1.807, 2.05) is 0 Å². The Morgan fingerprint density at radius 1 is 0.500 bits per heavy atom. The van der Waals surface area contributed by atoms with E-state index in [9.17, 15) is 0 Å². The van der Waals surface area contributed by atoms with Crippen molar-refractivity contribution in [2.24, 2.45) is 0 Å². The molecule has 0 saturated heterocycles. The molecule has 78 valence electrons. The Labute approximate surface area is 148 Å². The summed E-state index contributed by atoms with van der Waals surface area (Å²) in [6.07, 6.45) is 0. The summed E-state index contributed by atoms with van der Waals surface area (Å²) in [5.74, 6) is 0. The molecule has 2 radical (unpaired) electrons. The average Bonchev–Trinajstić information content (AvgIpc) is 1.54. The van der Waals surface area contributed by atoms with Gasteiger partial charge in [0.15, 0.2) is 0 Å². The fraction of sp³-hybridized carbons (Fsp3) is 0. The molecule has 0 heterocycles. The Balaban J connectivity index is -0.0000000270. The van der Waals surface area contributed by atoms with Crippen molar-refractivity contribution in [2.75, 3.05) is 0 Å². The Kier molecular flexibility index (Phi) is 50.7.